The highest BCUT2D eigenvalue weighted by molar-refractivity contribution is 9.10. The highest BCUT2D eigenvalue weighted by atomic mass is 79.9. The molecule has 2 aromatic carbocycles. The van der Waals surface area contributed by atoms with Crippen molar-refractivity contribution in [3.05, 3.63) is 58.1 Å². The van der Waals surface area contributed by atoms with E-state index in [4.69, 9.17) is 14.6 Å². The molecular weight excluding hydrogens is 386 g/mol. The number of esters is 1. The molecule has 0 fully saturated rings. The fourth-order valence-electron chi connectivity index (χ4n) is 1.88. The molecule has 2 N–H and O–H groups in total. The SMILES string of the molecule is COc1ccc(S(N)(=O)=O)cc1C(=O)OCc1cccc(Br)c1. The molecule has 0 saturated carbocycles. The Bertz CT molecular complexity index is 836. The van der Waals surface area contributed by atoms with Crippen LogP contribution < -0.4 is 9.88 Å². The molecule has 0 amide bonds. The lowest BCUT2D eigenvalue weighted by atomic mass is 10.2. The average molecular weight is 400 g/mol. The second-order valence-electron chi connectivity index (χ2n) is 4.61. The van der Waals surface area contributed by atoms with E-state index in [0.29, 0.717) is 0 Å². The molecule has 122 valence electrons. The van der Waals surface area contributed by atoms with Gasteiger partial charge in [-0.1, -0.05) is 28.1 Å². The number of sulfonamides is 1. The van der Waals surface area contributed by atoms with Gasteiger partial charge in [0.05, 0.1) is 12.0 Å². The van der Waals surface area contributed by atoms with Gasteiger partial charge in [0.15, 0.2) is 0 Å². The van der Waals surface area contributed by atoms with Crippen LogP contribution in [-0.4, -0.2) is 21.5 Å². The van der Waals surface area contributed by atoms with Crippen molar-refractivity contribution < 1.29 is 22.7 Å². The van der Waals surface area contributed by atoms with Gasteiger partial charge in [-0.25, -0.2) is 18.4 Å². The quantitative estimate of drug-likeness (QED) is 0.778. The number of primary sulfonamides is 1. The number of rotatable bonds is 5. The van der Waals surface area contributed by atoms with Gasteiger partial charge in [-0.15, -0.1) is 0 Å². The summed E-state index contributed by atoms with van der Waals surface area (Å²) in [6, 6.07) is 11.0. The Morgan fingerprint density at radius 3 is 2.57 bits per heavy atom. The summed E-state index contributed by atoms with van der Waals surface area (Å²) in [5.74, 6) is -0.496. The Balaban J connectivity index is 2.24. The highest BCUT2D eigenvalue weighted by Crippen LogP contribution is 2.23. The van der Waals surface area contributed by atoms with Crippen LogP contribution in [0.15, 0.2) is 51.8 Å². The number of carbonyl (C=O) groups excluding carboxylic acids is 1. The van der Waals surface area contributed by atoms with Crippen LogP contribution in [0.4, 0.5) is 0 Å². The minimum atomic E-state index is -3.93. The van der Waals surface area contributed by atoms with E-state index in [1.54, 1.807) is 6.07 Å². The zero-order chi connectivity index (χ0) is 17.0. The normalized spacial score (nSPS) is 11.1. The van der Waals surface area contributed by atoms with Gasteiger partial charge in [0.1, 0.15) is 17.9 Å². The molecule has 2 rings (SSSR count). The van der Waals surface area contributed by atoms with Crippen molar-refractivity contribution in [2.45, 2.75) is 11.5 Å². The fourth-order valence-corrected chi connectivity index (χ4v) is 2.86. The summed E-state index contributed by atoms with van der Waals surface area (Å²) in [7, 11) is -2.55. The molecule has 0 saturated heterocycles. The predicted octanol–water partition coefficient (Wildman–Crippen LogP) is 2.46. The molecule has 0 aliphatic rings. The zero-order valence-corrected chi connectivity index (χ0v) is 14.6. The number of methoxy groups -OCH3 is 1. The highest BCUT2D eigenvalue weighted by Gasteiger charge is 2.18. The van der Waals surface area contributed by atoms with Gasteiger partial charge in [-0.3, -0.25) is 0 Å². The van der Waals surface area contributed by atoms with Gasteiger partial charge in [-0.05, 0) is 35.9 Å². The largest absolute Gasteiger partial charge is 0.496 e. The van der Waals surface area contributed by atoms with E-state index in [1.165, 1.54) is 19.2 Å². The number of benzene rings is 2. The average Bonchev–Trinajstić information content (AvgIpc) is 2.51. The summed E-state index contributed by atoms with van der Waals surface area (Å²) in [6.07, 6.45) is 0. The Morgan fingerprint density at radius 2 is 1.96 bits per heavy atom. The topological polar surface area (TPSA) is 95.7 Å². The van der Waals surface area contributed by atoms with E-state index < -0.39 is 16.0 Å². The Kier molecular flexibility index (Phi) is 5.40. The second-order valence-corrected chi connectivity index (χ2v) is 7.09. The minimum absolute atomic E-state index is 0.00554. The van der Waals surface area contributed by atoms with Gasteiger partial charge in [0.25, 0.3) is 0 Å². The standard InChI is InChI=1S/C15H14BrNO5S/c1-21-14-6-5-12(23(17,19)20)8-13(14)15(18)22-9-10-3-2-4-11(16)7-10/h2-8H,9H2,1H3,(H2,17,19,20). The third-order valence-electron chi connectivity index (χ3n) is 2.98. The van der Waals surface area contributed by atoms with E-state index in [1.807, 2.05) is 18.2 Å². The van der Waals surface area contributed by atoms with Crippen LogP contribution in [0.5, 0.6) is 5.75 Å². The number of halogens is 1. The molecule has 0 radical (unpaired) electrons. The summed E-state index contributed by atoms with van der Waals surface area (Å²) >= 11 is 3.33. The van der Waals surface area contributed by atoms with Crippen LogP contribution in [0.1, 0.15) is 15.9 Å². The molecule has 0 atom stereocenters. The first-order valence-corrected chi connectivity index (χ1v) is 8.77. The minimum Gasteiger partial charge on any atom is -0.496 e. The van der Waals surface area contributed by atoms with Crippen molar-refractivity contribution in [3.63, 3.8) is 0 Å². The molecule has 0 heterocycles. The van der Waals surface area contributed by atoms with Gasteiger partial charge >= 0.3 is 5.97 Å². The lowest BCUT2D eigenvalue weighted by Gasteiger charge is -2.10. The first kappa shape index (κ1) is 17.5. The maximum absolute atomic E-state index is 12.2. The van der Waals surface area contributed by atoms with Crippen LogP contribution in [0.3, 0.4) is 0 Å². The maximum atomic E-state index is 12.2. The summed E-state index contributed by atoms with van der Waals surface area (Å²) in [4.78, 5) is 12.0. The van der Waals surface area contributed by atoms with Crippen molar-refractivity contribution in [2.75, 3.05) is 7.11 Å². The summed E-state index contributed by atoms with van der Waals surface area (Å²) < 4.78 is 33.9. The van der Waals surface area contributed by atoms with E-state index in [2.05, 4.69) is 15.9 Å². The van der Waals surface area contributed by atoms with Crippen LogP contribution >= 0.6 is 15.9 Å². The molecule has 0 bridgehead atoms. The van der Waals surface area contributed by atoms with Crippen molar-refractivity contribution in [3.8, 4) is 5.75 Å². The van der Waals surface area contributed by atoms with Gasteiger partial charge in [0, 0.05) is 4.47 Å². The van der Waals surface area contributed by atoms with Crippen molar-refractivity contribution >= 4 is 31.9 Å². The number of nitrogens with two attached hydrogens (primary N) is 1. The van der Waals surface area contributed by atoms with Crippen LogP contribution in [0.25, 0.3) is 0 Å². The first-order valence-electron chi connectivity index (χ1n) is 6.43. The number of carbonyl (C=O) groups is 1. The molecular formula is C15H14BrNO5S. The predicted molar refractivity (Wildman–Crippen MR) is 87.6 cm³/mol. The lowest BCUT2D eigenvalue weighted by Crippen LogP contribution is -2.14. The molecule has 2 aromatic rings. The van der Waals surface area contributed by atoms with Crippen LogP contribution in [-0.2, 0) is 21.4 Å². The Labute approximate surface area is 142 Å². The molecule has 8 heteroatoms. The summed E-state index contributed by atoms with van der Waals surface area (Å²) in [5.41, 5.74) is 0.781. The first-order chi connectivity index (χ1) is 10.8. The summed E-state index contributed by atoms with van der Waals surface area (Å²) in [5, 5.41) is 5.07. The zero-order valence-electron chi connectivity index (χ0n) is 12.2. The van der Waals surface area contributed by atoms with Crippen molar-refractivity contribution in [2.24, 2.45) is 5.14 Å². The van der Waals surface area contributed by atoms with E-state index >= 15 is 0 Å². The molecule has 0 aromatic heterocycles. The van der Waals surface area contributed by atoms with E-state index in [9.17, 15) is 13.2 Å². The summed E-state index contributed by atoms with van der Waals surface area (Å²) in [6.45, 7) is 0.0427. The van der Waals surface area contributed by atoms with Crippen LogP contribution in [0.2, 0.25) is 0 Å². The molecule has 0 spiro atoms. The maximum Gasteiger partial charge on any atom is 0.342 e. The van der Waals surface area contributed by atoms with Gasteiger partial charge in [0.2, 0.25) is 10.0 Å². The number of hydrogen-bond acceptors (Lipinski definition) is 5. The van der Waals surface area contributed by atoms with Crippen molar-refractivity contribution in [1.29, 1.82) is 0 Å². The second kappa shape index (κ2) is 7.12. The lowest BCUT2D eigenvalue weighted by molar-refractivity contribution is 0.0468. The Hall–Kier alpha value is -1.90. The number of hydrogen-bond donors (Lipinski definition) is 1. The molecule has 0 aliphatic carbocycles. The molecule has 0 aliphatic heterocycles. The fraction of sp³-hybridized carbons (Fsp3) is 0.133. The van der Waals surface area contributed by atoms with Gasteiger partial charge in [-0.2, -0.15) is 0 Å². The Morgan fingerprint density at radius 1 is 1.22 bits per heavy atom. The van der Waals surface area contributed by atoms with Crippen LogP contribution in [0, 0.1) is 0 Å². The van der Waals surface area contributed by atoms with E-state index in [0.717, 1.165) is 16.1 Å². The third-order valence-corrected chi connectivity index (χ3v) is 4.38. The third kappa shape index (κ3) is 4.54. The monoisotopic (exact) mass is 399 g/mol. The molecule has 23 heavy (non-hydrogen) atoms. The van der Waals surface area contributed by atoms with Crippen molar-refractivity contribution in [1.82, 2.24) is 0 Å². The number of ether oxygens (including phenoxy) is 2. The van der Waals surface area contributed by atoms with Gasteiger partial charge < -0.3 is 9.47 Å². The molecule has 0 unspecified atom stereocenters. The smallest absolute Gasteiger partial charge is 0.342 e. The van der Waals surface area contributed by atoms with E-state index in [-0.39, 0.29) is 22.8 Å². The molecule has 6 nitrogen and oxygen atoms in total.